The highest BCUT2D eigenvalue weighted by molar-refractivity contribution is 5.06. The number of rotatable bonds is 4. The SMILES string of the molecule is CC[C@@H](C)Oc1ccn(C(C)C)n1. The minimum atomic E-state index is 0.246. The minimum absolute atomic E-state index is 0.246. The Hall–Kier alpha value is -0.990. The molecule has 1 aromatic rings. The Morgan fingerprint density at radius 1 is 1.46 bits per heavy atom. The molecule has 0 fully saturated rings. The van der Waals surface area contributed by atoms with E-state index in [0.717, 1.165) is 12.3 Å². The van der Waals surface area contributed by atoms with Gasteiger partial charge in [-0.2, -0.15) is 0 Å². The summed E-state index contributed by atoms with van der Waals surface area (Å²) in [4.78, 5) is 0. The van der Waals surface area contributed by atoms with E-state index in [0.29, 0.717) is 6.04 Å². The number of aromatic nitrogens is 2. The highest BCUT2D eigenvalue weighted by Crippen LogP contribution is 2.12. The number of hydrogen-bond acceptors (Lipinski definition) is 2. The monoisotopic (exact) mass is 182 g/mol. The van der Waals surface area contributed by atoms with Crippen molar-refractivity contribution in [3.63, 3.8) is 0 Å². The van der Waals surface area contributed by atoms with Gasteiger partial charge in [-0.05, 0) is 27.2 Å². The molecule has 0 aliphatic carbocycles. The van der Waals surface area contributed by atoms with Crippen LogP contribution in [0.1, 0.15) is 40.2 Å². The standard InChI is InChI=1S/C10H18N2O/c1-5-9(4)13-10-6-7-12(11-10)8(2)3/h6-9H,5H2,1-4H3/t9-/m1/s1. The third-order valence-corrected chi connectivity index (χ3v) is 2.01. The summed E-state index contributed by atoms with van der Waals surface area (Å²) in [6, 6.07) is 2.31. The van der Waals surface area contributed by atoms with Crippen molar-refractivity contribution in [2.45, 2.75) is 46.3 Å². The second kappa shape index (κ2) is 4.30. The molecule has 3 nitrogen and oxygen atoms in total. The zero-order valence-electron chi connectivity index (χ0n) is 8.82. The van der Waals surface area contributed by atoms with Crippen LogP contribution < -0.4 is 4.74 Å². The predicted molar refractivity (Wildman–Crippen MR) is 53.0 cm³/mol. The van der Waals surface area contributed by atoms with Crippen molar-refractivity contribution in [3.8, 4) is 5.88 Å². The van der Waals surface area contributed by atoms with Crippen LogP contribution >= 0.6 is 0 Å². The van der Waals surface area contributed by atoms with Gasteiger partial charge in [-0.3, -0.25) is 4.68 Å². The van der Waals surface area contributed by atoms with Gasteiger partial charge in [-0.15, -0.1) is 5.10 Å². The zero-order chi connectivity index (χ0) is 9.84. The first-order chi connectivity index (χ1) is 6.13. The van der Waals surface area contributed by atoms with E-state index < -0.39 is 0 Å². The average molecular weight is 182 g/mol. The molecule has 0 aliphatic heterocycles. The minimum Gasteiger partial charge on any atom is -0.474 e. The van der Waals surface area contributed by atoms with Crippen LogP contribution in [-0.4, -0.2) is 15.9 Å². The van der Waals surface area contributed by atoms with Crippen LogP contribution in [0.15, 0.2) is 12.3 Å². The van der Waals surface area contributed by atoms with E-state index in [1.54, 1.807) is 0 Å². The van der Waals surface area contributed by atoms with Gasteiger partial charge in [0.1, 0.15) is 0 Å². The molecule has 13 heavy (non-hydrogen) atoms. The molecule has 0 aromatic carbocycles. The molecule has 0 amide bonds. The zero-order valence-corrected chi connectivity index (χ0v) is 8.82. The van der Waals surface area contributed by atoms with Crippen LogP contribution in [0.4, 0.5) is 0 Å². The summed E-state index contributed by atoms with van der Waals surface area (Å²) < 4.78 is 7.46. The van der Waals surface area contributed by atoms with E-state index in [4.69, 9.17) is 4.74 Å². The average Bonchev–Trinajstić information content (AvgIpc) is 2.52. The van der Waals surface area contributed by atoms with E-state index in [1.807, 2.05) is 23.9 Å². The quantitative estimate of drug-likeness (QED) is 0.715. The van der Waals surface area contributed by atoms with Gasteiger partial charge in [0.25, 0.3) is 0 Å². The van der Waals surface area contributed by atoms with Gasteiger partial charge in [0.2, 0.25) is 5.88 Å². The lowest BCUT2D eigenvalue weighted by molar-refractivity contribution is 0.205. The van der Waals surface area contributed by atoms with Gasteiger partial charge in [0.15, 0.2) is 0 Å². The van der Waals surface area contributed by atoms with Crippen molar-refractivity contribution in [3.05, 3.63) is 12.3 Å². The van der Waals surface area contributed by atoms with Crippen LogP contribution in [0.25, 0.3) is 0 Å². The number of nitrogens with zero attached hydrogens (tertiary/aromatic N) is 2. The fourth-order valence-electron chi connectivity index (χ4n) is 0.961. The van der Waals surface area contributed by atoms with E-state index in [9.17, 15) is 0 Å². The molecule has 1 aromatic heterocycles. The summed E-state index contributed by atoms with van der Waals surface area (Å²) in [6.45, 7) is 8.35. The second-order valence-electron chi connectivity index (χ2n) is 3.56. The van der Waals surface area contributed by atoms with Crippen molar-refractivity contribution in [2.75, 3.05) is 0 Å². The molecule has 0 saturated carbocycles. The first-order valence-electron chi connectivity index (χ1n) is 4.85. The molecule has 1 rings (SSSR count). The van der Waals surface area contributed by atoms with Crippen LogP contribution in [0.2, 0.25) is 0 Å². The summed E-state index contributed by atoms with van der Waals surface area (Å²) in [7, 11) is 0. The molecular weight excluding hydrogens is 164 g/mol. The Balaban J connectivity index is 2.58. The van der Waals surface area contributed by atoms with Crippen molar-refractivity contribution >= 4 is 0 Å². The maximum absolute atomic E-state index is 5.56. The molecule has 0 bridgehead atoms. The van der Waals surface area contributed by atoms with Crippen molar-refractivity contribution in [1.29, 1.82) is 0 Å². The van der Waals surface area contributed by atoms with Gasteiger partial charge in [-0.25, -0.2) is 0 Å². The topological polar surface area (TPSA) is 27.1 Å². The van der Waals surface area contributed by atoms with Crippen LogP contribution in [0, 0.1) is 0 Å². The molecule has 0 radical (unpaired) electrons. The summed E-state index contributed by atoms with van der Waals surface area (Å²) in [5, 5.41) is 4.29. The van der Waals surface area contributed by atoms with E-state index >= 15 is 0 Å². The van der Waals surface area contributed by atoms with E-state index in [-0.39, 0.29) is 6.10 Å². The molecule has 0 saturated heterocycles. The highest BCUT2D eigenvalue weighted by Gasteiger charge is 2.05. The third-order valence-electron chi connectivity index (χ3n) is 2.01. The van der Waals surface area contributed by atoms with Crippen LogP contribution in [0.5, 0.6) is 5.88 Å². The van der Waals surface area contributed by atoms with Crippen molar-refractivity contribution < 1.29 is 4.74 Å². The predicted octanol–water partition coefficient (Wildman–Crippen LogP) is 2.64. The lowest BCUT2D eigenvalue weighted by Gasteiger charge is -2.09. The Morgan fingerprint density at radius 2 is 2.15 bits per heavy atom. The van der Waals surface area contributed by atoms with Gasteiger partial charge < -0.3 is 4.74 Å². The maximum atomic E-state index is 5.56. The van der Waals surface area contributed by atoms with Gasteiger partial charge >= 0.3 is 0 Å². The Morgan fingerprint density at radius 3 is 2.62 bits per heavy atom. The Kier molecular flexibility index (Phi) is 3.34. The first-order valence-corrected chi connectivity index (χ1v) is 4.85. The molecule has 0 aliphatic rings. The van der Waals surface area contributed by atoms with Gasteiger partial charge in [-0.1, -0.05) is 6.92 Å². The Bertz CT molecular complexity index is 255. The molecule has 1 heterocycles. The molecule has 1 atom stereocenters. The molecular formula is C10H18N2O. The van der Waals surface area contributed by atoms with Gasteiger partial charge in [0, 0.05) is 18.3 Å². The summed E-state index contributed by atoms with van der Waals surface area (Å²) in [5.41, 5.74) is 0. The fourth-order valence-corrected chi connectivity index (χ4v) is 0.961. The fraction of sp³-hybridized carbons (Fsp3) is 0.700. The first kappa shape index (κ1) is 10.1. The van der Waals surface area contributed by atoms with Crippen molar-refractivity contribution in [2.24, 2.45) is 0 Å². The lowest BCUT2D eigenvalue weighted by Crippen LogP contribution is -2.10. The van der Waals surface area contributed by atoms with E-state index in [2.05, 4.69) is 25.9 Å². The largest absolute Gasteiger partial charge is 0.474 e. The van der Waals surface area contributed by atoms with Crippen LogP contribution in [-0.2, 0) is 0 Å². The molecule has 0 N–H and O–H groups in total. The Labute approximate surface area is 79.7 Å². The normalized spacial score (nSPS) is 13.3. The lowest BCUT2D eigenvalue weighted by atomic mass is 10.3. The highest BCUT2D eigenvalue weighted by atomic mass is 16.5. The summed E-state index contributed by atoms with van der Waals surface area (Å²) in [5.74, 6) is 0.725. The van der Waals surface area contributed by atoms with Gasteiger partial charge in [0.05, 0.1) is 6.10 Å². The van der Waals surface area contributed by atoms with E-state index in [1.165, 1.54) is 0 Å². The maximum Gasteiger partial charge on any atom is 0.232 e. The molecule has 3 heteroatoms. The molecule has 0 unspecified atom stereocenters. The number of ether oxygens (including phenoxy) is 1. The smallest absolute Gasteiger partial charge is 0.232 e. The molecule has 0 spiro atoms. The second-order valence-corrected chi connectivity index (χ2v) is 3.56. The summed E-state index contributed by atoms with van der Waals surface area (Å²) in [6.07, 6.45) is 3.20. The van der Waals surface area contributed by atoms with Crippen molar-refractivity contribution in [1.82, 2.24) is 9.78 Å². The third kappa shape index (κ3) is 2.76. The molecule has 74 valence electrons. The summed E-state index contributed by atoms with van der Waals surface area (Å²) >= 11 is 0. The van der Waals surface area contributed by atoms with Crippen LogP contribution in [0.3, 0.4) is 0 Å². The number of hydrogen-bond donors (Lipinski definition) is 0.